The Morgan fingerprint density at radius 2 is 1.65 bits per heavy atom. The van der Waals surface area contributed by atoms with Gasteiger partial charge in [0, 0.05) is 12.1 Å². The molecule has 0 spiro atoms. The van der Waals surface area contributed by atoms with Crippen molar-refractivity contribution in [1.82, 2.24) is 4.90 Å². The molecule has 1 rings (SSSR count). The van der Waals surface area contributed by atoms with Gasteiger partial charge in [-0.15, -0.1) is 0 Å². The van der Waals surface area contributed by atoms with Gasteiger partial charge in [0.05, 0.1) is 5.56 Å². The third kappa shape index (κ3) is 2.81. The number of carbonyl (C=O) groups excluding carboxylic acids is 1. The van der Waals surface area contributed by atoms with Gasteiger partial charge in [-0.3, -0.25) is 4.79 Å². The lowest BCUT2D eigenvalue weighted by Crippen LogP contribution is -2.42. The van der Waals surface area contributed by atoms with Crippen molar-refractivity contribution in [2.24, 2.45) is 0 Å². The third-order valence-corrected chi connectivity index (χ3v) is 2.53. The van der Waals surface area contributed by atoms with Crippen molar-refractivity contribution in [3.05, 3.63) is 35.4 Å². The molecule has 0 aliphatic carbocycles. The molecule has 0 aliphatic rings. The summed E-state index contributed by atoms with van der Waals surface area (Å²) in [5, 5.41) is 0. The molecule has 1 amide bonds. The zero-order chi connectivity index (χ0) is 13.2. The topological polar surface area (TPSA) is 20.3 Å². The summed E-state index contributed by atoms with van der Waals surface area (Å²) in [5.41, 5.74) is -0.215. The van der Waals surface area contributed by atoms with Gasteiger partial charge in [0.2, 0.25) is 0 Å². The van der Waals surface area contributed by atoms with Gasteiger partial charge in [0.1, 0.15) is 0 Å². The number of halogens is 2. The molecule has 0 fully saturated rings. The monoisotopic (exact) mass is 241 g/mol. The molecular formula is C13H17F2NO. The van der Waals surface area contributed by atoms with Gasteiger partial charge in [0.25, 0.3) is 5.91 Å². The Balaban J connectivity index is 3.15. The van der Waals surface area contributed by atoms with E-state index in [0.717, 1.165) is 6.07 Å². The fourth-order valence-electron chi connectivity index (χ4n) is 1.87. The van der Waals surface area contributed by atoms with Crippen LogP contribution in [0.5, 0.6) is 0 Å². The summed E-state index contributed by atoms with van der Waals surface area (Å²) in [6.07, 6.45) is 0. The van der Waals surface area contributed by atoms with E-state index in [1.807, 2.05) is 27.7 Å². The second-order valence-corrected chi connectivity index (χ2v) is 4.50. The third-order valence-electron chi connectivity index (χ3n) is 2.53. The van der Waals surface area contributed by atoms with E-state index in [2.05, 4.69) is 0 Å². The lowest BCUT2D eigenvalue weighted by Gasteiger charge is -2.30. The summed E-state index contributed by atoms with van der Waals surface area (Å²) in [5.74, 6) is -2.56. The quantitative estimate of drug-likeness (QED) is 0.795. The Hall–Kier alpha value is -1.45. The molecule has 1 aromatic carbocycles. The molecule has 0 unspecified atom stereocenters. The maximum atomic E-state index is 13.5. The number of hydrogen-bond donors (Lipinski definition) is 0. The molecule has 2 nitrogen and oxygen atoms in total. The van der Waals surface area contributed by atoms with Gasteiger partial charge in [0.15, 0.2) is 11.6 Å². The fraction of sp³-hybridized carbons (Fsp3) is 0.462. The van der Waals surface area contributed by atoms with E-state index in [1.165, 1.54) is 17.0 Å². The first-order valence-corrected chi connectivity index (χ1v) is 5.63. The summed E-state index contributed by atoms with van der Waals surface area (Å²) >= 11 is 0. The van der Waals surface area contributed by atoms with Crippen LogP contribution < -0.4 is 0 Å². The minimum absolute atomic E-state index is 0.0647. The van der Waals surface area contributed by atoms with Crippen LogP contribution in [-0.4, -0.2) is 22.9 Å². The molecule has 0 saturated heterocycles. The lowest BCUT2D eigenvalue weighted by atomic mass is 10.1. The predicted octanol–water partition coefficient (Wildman–Crippen LogP) is 3.22. The van der Waals surface area contributed by atoms with Gasteiger partial charge in [-0.05, 0) is 39.8 Å². The normalized spacial score (nSPS) is 11.1. The van der Waals surface area contributed by atoms with Gasteiger partial charge < -0.3 is 4.90 Å². The van der Waals surface area contributed by atoms with Crippen molar-refractivity contribution in [3.63, 3.8) is 0 Å². The fourth-order valence-corrected chi connectivity index (χ4v) is 1.87. The minimum Gasteiger partial charge on any atom is -0.334 e. The highest BCUT2D eigenvalue weighted by atomic mass is 19.2. The Morgan fingerprint density at radius 1 is 1.12 bits per heavy atom. The van der Waals surface area contributed by atoms with Gasteiger partial charge in [-0.2, -0.15) is 0 Å². The van der Waals surface area contributed by atoms with Crippen LogP contribution in [0.15, 0.2) is 18.2 Å². The van der Waals surface area contributed by atoms with Crippen molar-refractivity contribution in [1.29, 1.82) is 0 Å². The average Bonchev–Trinajstić information content (AvgIpc) is 2.20. The summed E-state index contributed by atoms with van der Waals surface area (Å²) in [6, 6.07) is 3.51. The molecule has 0 heterocycles. The Kier molecular flexibility index (Phi) is 4.21. The van der Waals surface area contributed by atoms with E-state index in [4.69, 9.17) is 0 Å². The van der Waals surface area contributed by atoms with Gasteiger partial charge in [-0.25, -0.2) is 8.78 Å². The summed E-state index contributed by atoms with van der Waals surface area (Å²) in [6.45, 7) is 7.37. The van der Waals surface area contributed by atoms with E-state index in [9.17, 15) is 13.6 Å². The second-order valence-electron chi connectivity index (χ2n) is 4.50. The highest BCUT2D eigenvalue weighted by molar-refractivity contribution is 5.94. The molecule has 0 bridgehead atoms. The highest BCUT2D eigenvalue weighted by Gasteiger charge is 2.25. The van der Waals surface area contributed by atoms with Crippen molar-refractivity contribution < 1.29 is 13.6 Å². The molecular weight excluding hydrogens is 224 g/mol. The van der Waals surface area contributed by atoms with E-state index >= 15 is 0 Å². The average molecular weight is 241 g/mol. The zero-order valence-corrected chi connectivity index (χ0v) is 10.5. The first-order valence-electron chi connectivity index (χ1n) is 5.63. The minimum atomic E-state index is -1.08. The van der Waals surface area contributed by atoms with E-state index in [1.54, 1.807) is 0 Å². The summed E-state index contributed by atoms with van der Waals surface area (Å²) in [7, 11) is 0. The van der Waals surface area contributed by atoms with Gasteiger partial charge in [-0.1, -0.05) is 6.07 Å². The number of nitrogens with zero attached hydrogens (tertiary/aromatic N) is 1. The van der Waals surface area contributed by atoms with E-state index < -0.39 is 17.5 Å². The summed E-state index contributed by atoms with van der Waals surface area (Å²) < 4.78 is 26.6. The predicted molar refractivity (Wildman–Crippen MR) is 62.8 cm³/mol. The van der Waals surface area contributed by atoms with Crippen molar-refractivity contribution in [2.75, 3.05) is 0 Å². The standard InChI is InChI=1S/C13H17F2NO/c1-8(2)16(9(3)4)13(17)10-6-5-7-11(14)12(10)15/h5-9H,1-4H3. The number of rotatable bonds is 3. The van der Waals surface area contributed by atoms with E-state index in [-0.39, 0.29) is 17.6 Å². The molecule has 17 heavy (non-hydrogen) atoms. The second kappa shape index (κ2) is 5.25. The Bertz CT molecular complexity index is 408. The van der Waals surface area contributed by atoms with Crippen LogP contribution >= 0.6 is 0 Å². The van der Waals surface area contributed by atoms with Crippen LogP contribution in [0.25, 0.3) is 0 Å². The maximum absolute atomic E-state index is 13.5. The number of amides is 1. The molecule has 0 N–H and O–H groups in total. The molecule has 1 aromatic rings. The number of benzene rings is 1. The van der Waals surface area contributed by atoms with Crippen LogP contribution in [0.4, 0.5) is 8.78 Å². The van der Waals surface area contributed by atoms with Crippen LogP contribution in [0.3, 0.4) is 0 Å². The molecule has 0 radical (unpaired) electrons. The molecule has 0 atom stereocenters. The first-order chi connectivity index (χ1) is 7.86. The van der Waals surface area contributed by atoms with Crippen molar-refractivity contribution >= 4 is 5.91 Å². The highest BCUT2D eigenvalue weighted by Crippen LogP contribution is 2.17. The van der Waals surface area contributed by atoms with Crippen LogP contribution in [0.2, 0.25) is 0 Å². The molecule has 0 aromatic heterocycles. The van der Waals surface area contributed by atoms with Crippen molar-refractivity contribution in [3.8, 4) is 0 Å². The van der Waals surface area contributed by atoms with Crippen LogP contribution in [0.1, 0.15) is 38.1 Å². The zero-order valence-electron chi connectivity index (χ0n) is 10.5. The maximum Gasteiger partial charge on any atom is 0.257 e. The number of hydrogen-bond acceptors (Lipinski definition) is 1. The van der Waals surface area contributed by atoms with Crippen LogP contribution in [-0.2, 0) is 0 Å². The van der Waals surface area contributed by atoms with Crippen molar-refractivity contribution in [2.45, 2.75) is 39.8 Å². The largest absolute Gasteiger partial charge is 0.334 e. The Labute approximate surface area is 100 Å². The molecule has 94 valence electrons. The summed E-state index contributed by atoms with van der Waals surface area (Å²) in [4.78, 5) is 13.6. The smallest absolute Gasteiger partial charge is 0.257 e. The van der Waals surface area contributed by atoms with Gasteiger partial charge >= 0.3 is 0 Å². The number of carbonyl (C=O) groups is 1. The molecule has 4 heteroatoms. The SMILES string of the molecule is CC(C)N(C(=O)c1cccc(F)c1F)C(C)C. The molecule has 0 aliphatic heterocycles. The Morgan fingerprint density at radius 3 is 2.12 bits per heavy atom. The van der Waals surface area contributed by atoms with E-state index in [0.29, 0.717) is 0 Å². The van der Waals surface area contributed by atoms with Crippen LogP contribution in [0, 0.1) is 11.6 Å². The lowest BCUT2D eigenvalue weighted by molar-refractivity contribution is 0.0637. The first kappa shape index (κ1) is 13.6. The molecule has 0 saturated carbocycles.